The third-order valence-electron chi connectivity index (χ3n) is 6.61. The lowest BCUT2D eigenvalue weighted by Gasteiger charge is -2.15. The van der Waals surface area contributed by atoms with Gasteiger partial charge < -0.3 is 4.98 Å². The maximum atomic E-state index is 14.1. The number of Topliss-reactive ketones (excluding diaryl/α,β-unsaturated/α-hetero) is 1. The summed E-state index contributed by atoms with van der Waals surface area (Å²) in [4.78, 5) is 30.3. The molecule has 0 amide bonds. The second kappa shape index (κ2) is 8.80. The Hall–Kier alpha value is -4.17. The number of carbonyl (C=O) groups excluding carboxylic acids is 1. The molecule has 8 heteroatoms. The summed E-state index contributed by atoms with van der Waals surface area (Å²) in [6.07, 6.45) is 2.68. The van der Waals surface area contributed by atoms with Gasteiger partial charge in [0.1, 0.15) is 5.25 Å². The number of aromatic amines is 1. The fourth-order valence-corrected chi connectivity index (χ4v) is 5.86. The Morgan fingerprint density at radius 2 is 1.72 bits per heavy atom. The van der Waals surface area contributed by atoms with Crippen molar-refractivity contribution < 1.29 is 4.79 Å². The molecule has 3 aromatic heterocycles. The second-order valence-corrected chi connectivity index (χ2v) is 9.74. The van der Waals surface area contributed by atoms with Crippen LogP contribution in [0.4, 0.5) is 0 Å². The molecule has 0 saturated carbocycles. The number of nitrogens with zero attached hydrogens (tertiary/aromatic N) is 4. The topological polar surface area (TPSA) is 85.0 Å². The van der Waals surface area contributed by atoms with Crippen LogP contribution in [0.15, 0.2) is 88.9 Å². The van der Waals surface area contributed by atoms with Gasteiger partial charge in [-0.25, -0.2) is 0 Å². The molecule has 1 unspecified atom stereocenters. The molecule has 7 nitrogen and oxygen atoms in total. The van der Waals surface area contributed by atoms with Crippen molar-refractivity contribution in [2.45, 2.75) is 23.8 Å². The highest BCUT2D eigenvalue weighted by Crippen LogP contribution is 2.39. The summed E-state index contributed by atoms with van der Waals surface area (Å²) in [5.41, 5.74) is 4.26. The van der Waals surface area contributed by atoms with E-state index in [2.05, 4.69) is 28.2 Å². The Labute approximate surface area is 210 Å². The third kappa shape index (κ3) is 3.45. The number of hydrogen-bond donors (Lipinski definition) is 1. The number of aromatic nitrogens is 5. The summed E-state index contributed by atoms with van der Waals surface area (Å²) in [5, 5.41) is 10.2. The van der Waals surface area contributed by atoms with E-state index in [1.54, 1.807) is 13.1 Å². The average molecular weight is 494 g/mol. The molecule has 0 aliphatic heterocycles. The monoisotopic (exact) mass is 493 g/mol. The Morgan fingerprint density at radius 3 is 2.53 bits per heavy atom. The van der Waals surface area contributed by atoms with E-state index in [-0.39, 0.29) is 11.3 Å². The quantitative estimate of drug-likeness (QED) is 0.250. The number of benzene rings is 3. The van der Waals surface area contributed by atoms with Gasteiger partial charge in [0.2, 0.25) is 5.78 Å². The van der Waals surface area contributed by atoms with E-state index in [9.17, 15) is 9.59 Å². The standard InChI is InChI=1S/C28H23N5O2S/c1-3-17-12-9-14-19-21(16-29-23(17)19)24(34)25(18-10-5-4-6-11-18)36-28-31-30-27-32(2)26(35)20-13-7-8-15-22(20)33(27)28/h4-16,25,29H,3H2,1-2H3. The predicted octanol–water partition coefficient (Wildman–Crippen LogP) is 5.34. The molecule has 1 atom stereocenters. The van der Waals surface area contributed by atoms with E-state index >= 15 is 0 Å². The van der Waals surface area contributed by atoms with Crippen molar-refractivity contribution in [1.29, 1.82) is 0 Å². The highest BCUT2D eigenvalue weighted by atomic mass is 32.2. The zero-order valence-electron chi connectivity index (χ0n) is 19.8. The highest BCUT2D eigenvalue weighted by molar-refractivity contribution is 8.00. The lowest BCUT2D eigenvalue weighted by Crippen LogP contribution is -2.20. The van der Waals surface area contributed by atoms with Crippen LogP contribution < -0.4 is 5.56 Å². The average Bonchev–Trinajstić information content (AvgIpc) is 3.55. The minimum absolute atomic E-state index is 0.0171. The maximum Gasteiger partial charge on any atom is 0.262 e. The Balaban J connectivity index is 1.52. The summed E-state index contributed by atoms with van der Waals surface area (Å²) in [7, 11) is 1.68. The molecule has 3 heterocycles. The molecule has 0 fully saturated rings. The highest BCUT2D eigenvalue weighted by Gasteiger charge is 2.28. The predicted molar refractivity (Wildman–Crippen MR) is 143 cm³/mol. The zero-order chi connectivity index (χ0) is 24.8. The molecular formula is C28H23N5O2S. The van der Waals surface area contributed by atoms with E-state index in [4.69, 9.17) is 0 Å². The van der Waals surface area contributed by atoms with Crippen molar-refractivity contribution in [3.8, 4) is 0 Å². The first-order chi connectivity index (χ1) is 17.6. The van der Waals surface area contributed by atoms with Crippen LogP contribution in [-0.2, 0) is 13.5 Å². The van der Waals surface area contributed by atoms with Gasteiger partial charge in [-0.05, 0) is 29.7 Å². The van der Waals surface area contributed by atoms with Gasteiger partial charge in [0.05, 0.1) is 10.9 Å². The number of ketones is 1. The van der Waals surface area contributed by atoms with Gasteiger partial charge in [-0.15, -0.1) is 10.2 Å². The molecule has 36 heavy (non-hydrogen) atoms. The molecule has 3 aromatic carbocycles. The van der Waals surface area contributed by atoms with Crippen LogP contribution in [0.5, 0.6) is 0 Å². The molecule has 6 rings (SSSR count). The fourth-order valence-electron chi connectivity index (χ4n) is 4.75. The van der Waals surface area contributed by atoms with Crippen molar-refractivity contribution in [2.75, 3.05) is 0 Å². The number of nitrogens with one attached hydrogen (secondary N) is 1. The lowest BCUT2D eigenvalue weighted by atomic mass is 10.0. The zero-order valence-corrected chi connectivity index (χ0v) is 20.6. The van der Waals surface area contributed by atoms with Gasteiger partial charge in [0.25, 0.3) is 5.56 Å². The first-order valence-corrected chi connectivity index (χ1v) is 12.6. The fraction of sp³-hybridized carbons (Fsp3) is 0.143. The van der Waals surface area contributed by atoms with Crippen molar-refractivity contribution in [1.82, 2.24) is 24.1 Å². The van der Waals surface area contributed by atoms with E-state index in [0.717, 1.165) is 22.9 Å². The summed E-state index contributed by atoms with van der Waals surface area (Å²) < 4.78 is 3.35. The smallest absolute Gasteiger partial charge is 0.262 e. The van der Waals surface area contributed by atoms with Crippen molar-refractivity contribution >= 4 is 45.1 Å². The minimum atomic E-state index is -0.557. The number of aryl methyl sites for hydroxylation is 2. The number of carbonyl (C=O) groups is 1. The van der Waals surface area contributed by atoms with Crippen molar-refractivity contribution in [3.05, 3.63) is 106 Å². The Morgan fingerprint density at radius 1 is 0.972 bits per heavy atom. The van der Waals surface area contributed by atoms with Gasteiger partial charge in [0.15, 0.2) is 10.9 Å². The third-order valence-corrected chi connectivity index (χ3v) is 7.81. The molecule has 1 N–H and O–H groups in total. The van der Waals surface area contributed by atoms with Crippen LogP contribution in [0.3, 0.4) is 0 Å². The van der Waals surface area contributed by atoms with E-state index in [0.29, 0.717) is 27.4 Å². The normalized spacial score (nSPS) is 12.5. The molecule has 6 aromatic rings. The number of para-hydroxylation sites is 2. The number of thioether (sulfide) groups is 1. The summed E-state index contributed by atoms with van der Waals surface area (Å²) >= 11 is 1.34. The molecular weight excluding hydrogens is 470 g/mol. The minimum Gasteiger partial charge on any atom is -0.360 e. The molecule has 0 bridgehead atoms. The summed E-state index contributed by atoms with van der Waals surface area (Å²) in [5.74, 6) is 0.414. The van der Waals surface area contributed by atoms with Crippen molar-refractivity contribution in [3.63, 3.8) is 0 Å². The van der Waals surface area contributed by atoms with Crippen LogP contribution in [0.2, 0.25) is 0 Å². The number of rotatable bonds is 6. The van der Waals surface area contributed by atoms with Gasteiger partial charge in [-0.2, -0.15) is 0 Å². The summed E-state index contributed by atoms with van der Waals surface area (Å²) in [6, 6.07) is 23.2. The Kier molecular flexibility index (Phi) is 5.45. The molecule has 0 aliphatic rings. The van der Waals surface area contributed by atoms with Gasteiger partial charge >= 0.3 is 0 Å². The van der Waals surface area contributed by atoms with Crippen LogP contribution in [0.25, 0.3) is 27.6 Å². The summed E-state index contributed by atoms with van der Waals surface area (Å²) in [6.45, 7) is 2.10. The van der Waals surface area contributed by atoms with Gasteiger partial charge in [-0.1, -0.05) is 79.3 Å². The Bertz CT molecular complexity index is 1820. The van der Waals surface area contributed by atoms with E-state index in [1.165, 1.54) is 21.9 Å². The van der Waals surface area contributed by atoms with E-state index < -0.39 is 5.25 Å². The first-order valence-electron chi connectivity index (χ1n) is 11.8. The molecule has 178 valence electrons. The molecule has 0 radical (unpaired) electrons. The van der Waals surface area contributed by atoms with Gasteiger partial charge in [0, 0.05) is 29.7 Å². The number of hydrogen-bond acceptors (Lipinski definition) is 5. The molecule has 0 aliphatic carbocycles. The van der Waals surface area contributed by atoms with Gasteiger partial charge in [-0.3, -0.25) is 18.6 Å². The van der Waals surface area contributed by atoms with Crippen molar-refractivity contribution in [2.24, 2.45) is 7.05 Å². The first kappa shape index (κ1) is 22.3. The lowest BCUT2D eigenvalue weighted by molar-refractivity contribution is 0.0991. The number of fused-ring (bicyclic) bond motifs is 4. The number of H-pyrrole nitrogens is 1. The molecule has 0 saturated heterocycles. The van der Waals surface area contributed by atoms with Crippen LogP contribution in [0, 0.1) is 0 Å². The van der Waals surface area contributed by atoms with Crippen LogP contribution in [-0.4, -0.2) is 29.9 Å². The van der Waals surface area contributed by atoms with E-state index in [1.807, 2.05) is 71.3 Å². The SMILES string of the molecule is CCc1cccc2c(C(=O)C(Sc3nnc4n(C)c(=O)c5ccccc5n34)c3ccccc3)c[nH]c12. The largest absolute Gasteiger partial charge is 0.360 e. The van der Waals surface area contributed by atoms with Crippen LogP contribution in [0.1, 0.15) is 33.7 Å². The second-order valence-electron chi connectivity index (χ2n) is 8.67. The molecule has 0 spiro atoms. The van der Waals surface area contributed by atoms with Crippen LogP contribution >= 0.6 is 11.8 Å². The maximum absolute atomic E-state index is 14.1.